The number of carbonyl (C=O) groups is 2. The predicted molar refractivity (Wildman–Crippen MR) is 234 cm³/mol. The molecule has 1 heterocycles. The summed E-state index contributed by atoms with van der Waals surface area (Å²) in [5, 5.41) is 66.5. The molecular formula is C48H41NO14. The highest BCUT2D eigenvalue weighted by Crippen LogP contribution is 2.53. The van der Waals surface area contributed by atoms with Gasteiger partial charge in [-0.25, -0.2) is 9.59 Å². The van der Waals surface area contributed by atoms with Crippen LogP contribution in [0, 0.1) is 0 Å². The highest BCUT2D eigenvalue weighted by atomic mass is 16.5. The molecule has 0 fully saturated rings. The zero-order valence-corrected chi connectivity index (χ0v) is 34.8. The van der Waals surface area contributed by atoms with Crippen molar-refractivity contribution in [3.05, 3.63) is 95.6 Å². The van der Waals surface area contributed by atoms with E-state index in [0.717, 1.165) is 0 Å². The molecule has 0 atom stereocenters. The van der Waals surface area contributed by atoms with E-state index in [1.54, 1.807) is 30.3 Å². The Hall–Kier alpha value is -8.20. The van der Waals surface area contributed by atoms with Gasteiger partial charge in [0.2, 0.25) is 0 Å². The first kappa shape index (κ1) is 41.5. The molecule has 0 unspecified atom stereocenters. The Bertz CT molecular complexity index is 3020. The van der Waals surface area contributed by atoms with Crippen LogP contribution in [-0.2, 0) is 22.4 Å². The molecule has 8 rings (SSSR count). The summed E-state index contributed by atoms with van der Waals surface area (Å²) < 4.78 is 36.1. The zero-order chi connectivity index (χ0) is 45.0. The number of hydrogen-bond acceptors (Lipinski definition) is 14. The number of rotatable bonds is 11. The zero-order valence-electron chi connectivity index (χ0n) is 34.8. The van der Waals surface area contributed by atoms with Gasteiger partial charge in [0.1, 0.15) is 0 Å². The summed E-state index contributed by atoms with van der Waals surface area (Å²) in [6.45, 7) is 0.0527. The molecule has 0 aliphatic heterocycles. The highest BCUT2D eigenvalue weighted by Gasteiger charge is 2.33. The predicted octanol–water partition coefficient (Wildman–Crippen LogP) is 8.52. The second-order valence-electron chi connectivity index (χ2n) is 14.6. The molecule has 322 valence electrons. The lowest BCUT2D eigenvalue weighted by Crippen LogP contribution is -2.10. The van der Waals surface area contributed by atoms with Crippen molar-refractivity contribution in [3.63, 3.8) is 0 Å². The van der Waals surface area contributed by atoms with Gasteiger partial charge in [0.25, 0.3) is 0 Å². The average molecular weight is 856 g/mol. The molecule has 0 saturated carbocycles. The van der Waals surface area contributed by atoms with Gasteiger partial charge in [-0.05, 0) is 94.5 Å². The lowest BCUT2D eigenvalue weighted by Gasteiger charge is -2.20. The van der Waals surface area contributed by atoms with Crippen molar-refractivity contribution in [1.29, 1.82) is 0 Å². The first-order valence-electron chi connectivity index (χ1n) is 19.3. The van der Waals surface area contributed by atoms with Crippen LogP contribution >= 0.6 is 0 Å². The summed E-state index contributed by atoms with van der Waals surface area (Å²) in [6, 6.07) is 19.4. The van der Waals surface area contributed by atoms with Crippen LogP contribution in [-0.4, -0.2) is 89.8 Å². The molecule has 6 N–H and O–H groups in total. The Balaban J connectivity index is 1.78. The number of carbonyl (C=O) groups excluding carboxylic acids is 2. The standard InChI is InChI=1S/C48H41NO14/c1-58-35-18-25-27(20-37(35)60-3)43(47(56)62-5)39(23-8-11-30(51)33(54)16-23)45-41(25)42-26-19-36(59-2)38(61-4)21-28(26)44(48(57)63-6)40(24-9-12-31(52)34(55)17-24)46(42)49(45)14-13-22-7-10-29(50)32(53)15-22/h7-12,15-21,50-55H,13-14H2,1-6H3. The van der Waals surface area contributed by atoms with Gasteiger partial charge in [0, 0.05) is 39.2 Å². The van der Waals surface area contributed by atoms with Gasteiger partial charge < -0.3 is 63.6 Å². The number of phenols is 6. The van der Waals surface area contributed by atoms with E-state index >= 15 is 0 Å². The van der Waals surface area contributed by atoms with E-state index in [2.05, 4.69) is 0 Å². The van der Waals surface area contributed by atoms with E-state index < -0.39 is 34.9 Å². The molecule has 63 heavy (non-hydrogen) atoms. The van der Waals surface area contributed by atoms with Gasteiger partial charge in [-0.15, -0.1) is 0 Å². The maximum Gasteiger partial charge on any atom is 0.339 e. The van der Waals surface area contributed by atoms with Crippen molar-refractivity contribution in [2.45, 2.75) is 13.0 Å². The fourth-order valence-corrected chi connectivity index (χ4v) is 8.49. The molecule has 0 aliphatic rings. The quantitative estimate of drug-likeness (QED) is 0.0531. The van der Waals surface area contributed by atoms with Crippen LogP contribution in [0.5, 0.6) is 57.5 Å². The van der Waals surface area contributed by atoms with Crippen LogP contribution < -0.4 is 18.9 Å². The number of phenolic OH excluding ortho intramolecular Hbond substituents is 6. The highest BCUT2D eigenvalue weighted by molar-refractivity contribution is 6.37. The summed E-state index contributed by atoms with van der Waals surface area (Å²) in [5.74, 6) is -2.87. The molecule has 0 spiro atoms. The lowest BCUT2D eigenvalue weighted by molar-refractivity contribution is 0.0595. The molecular weight excluding hydrogens is 815 g/mol. The number of methoxy groups -OCH3 is 6. The first-order valence-corrected chi connectivity index (χ1v) is 19.3. The summed E-state index contributed by atoms with van der Waals surface area (Å²) in [6.07, 6.45) is 0.183. The Morgan fingerprint density at radius 2 is 0.825 bits per heavy atom. The van der Waals surface area contributed by atoms with Crippen LogP contribution in [0.15, 0.2) is 78.9 Å². The maximum atomic E-state index is 14.4. The number of nitrogens with zero attached hydrogens (tertiary/aromatic N) is 1. The van der Waals surface area contributed by atoms with Gasteiger partial charge in [0.15, 0.2) is 57.5 Å². The Morgan fingerprint density at radius 1 is 0.460 bits per heavy atom. The molecule has 0 radical (unpaired) electrons. The summed E-state index contributed by atoms with van der Waals surface area (Å²) in [5.41, 5.74) is 2.46. The van der Waals surface area contributed by atoms with Crippen molar-refractivity contribution < 1.29 is 68.6 Å². The molecule has 0 bridgehead atoms. The number of esters is 2. The van der Waals surface area contributed by atoms with Crippen LogP contribution in [0.25, 0.3) is 65.6 Å². The van der Waals surface area contributed by atoms with Crippen molar-refractivity contribution in [1.82, 2.24) is 4.57 Å². The maximum absolute atomic E-state index is 14.4. The molecule has 0 amide bonds. The van der Waals surface area contributed by atoms with Gasteiger partial charge >= 0.3 is 11.9 Å². The van der Waals surface area contributed by atoms with Crippen LogP contribution in [0.2, 0.25) is 0 Å². The third-order valence-electron chi connectivity index (χ3n) is 11.3. The minimum Gasteiger partial charge on any atom is -0.504 e. The third kappa shape index (κ3) is 6.61. The molecule has 15 nitrogen and oxygen atoms in total. The molecule has 0 saturated heterocycles. The topological polar surface area (TPSA) is 216 Å². The Kier molecular flexibility index (Phi) is 10.6. The smallest absolute Gasteiger partial charge is 0.339 e. The summed E-state index contributed by atoms with van der Waals surface area (Å²) >= 11 is 0. The van der Waals surface area contributed by atoms with Crippen LogP contribution in [0.3, 0.4) is 0 Å². The fourth-order valence-electron chi connectivity index (χ4n) is 8.49. The molecule has 0 aliphatic carbocycles. The molecule has 7 aromatic carbocycles. The SMILES string of the molecule is COC(=O)c1c(-c2ccc(O)c(O)c2)c2c(c3cc(OC)c(OC)cc13)c1c3cc(OC)c(OC)cc3c(C(=O)OC)c(-c3ccc(O)c(O)c3)c1n2CCc1ccc(O)c(O)c1. The number of aromatic hydroxyl groups is 6. The minimum absolute atomic E-state index is 0.0398. The lowest BCUT2D eigenvalue weighted by atomic mass is 9.87. The molecule has 8 aromatic rings. The summed E-state index contributed by atoms with van der Waals surface area (Å²) in [4.78, 5) is 28.9. The van der Waals surface area contributed by atoms with E-state index in [-0.39, 0.29) is 69.3 Å². The number of hydrogen-bond donors (Lipinski definition) is 6. The summed E-state index contributed by atoms with van der Waals surface area (Å²) in [7, 11) is 8.30. The normalized spacial score (nSPS) is 11.3. The van der Waals surface area contributed by atoms with Gasteiger partial charge in [0.05, 0.1) is 64.8 Å². The Morgan fingerprint density at radius 3 is 1.17 bits per heavy atom. The van der Waals surface area contributed by atoms with Gasteiger partial charge in [-0.2, -0.15) is 0 Å². The van der Waals surface area contributed by atoms with Gasteiger partial charge in [-0.1, -0.05) is 18.2 Å². The average Bonchev–Trinajstić information content (AvgIpc) is 3.63. The number of ether oxygens (including phenoxy) is 6. The third-order valence-corrected chi connectivity index (χ3v) is 11.3. The van der Waals surface area contributed by atoms with Crippen molar-refractivity contribution in [2.75, 3.05) is 42.7 Å². The van der Waals surface area contributed by atoms with E-state index in [9.17, 15) is 40.2 Å². The van der Waals surface area contributed by atoms with E-state index in [4.69, 9.17) is 28.4 Å². The van der Waals surface area contributed by atoms with Crippen LogP contribution in [0.4, 0.5) is 0 Å². The number of aryl methyl sites for hydroxylation is 2. The second kappa shape index (κ2) is 16.0. The monoisotopic (exact) mass is 855 g/mol. The number of benzene rings is 7. The largest absolute Gasteiger partial charge is 0.504 e. The van der Waals surface area contributed by atoms with Crippen LogP contribution in [0.1, 0.15) is 26.3 Å². The van der Waals surface area contributed by atoms with Gasteiger partial charge in [-0.3, -0.25) is 0 Å². The first-order chi connectivity index (χ1) is 30.3. The van der Waals surface area contributed by atoms with Crippen molar-refractivity contribution in [2.24, 2.45) is 0 Å². The number of aromatic nitrogens is 1. The molecule has 15 heteroatoms. The van der Waals surface area contributed by atoms with Crippen molar-refractivity contribution >= 4 is 55.3 Å². The van der Waals surface area contributed by atoms with E-state index in [1.165, 1.54) is 91.2 Å². The Labute approximate surface area is 358 Å². The minimum atomic E-state index is -0.771. The van der Waals surface area contributed by atoms with E-state index in [0.29, 0.717) is 60.4 Å². The number of fused-ring (bicyclic) bond motifs is 7. The van der Waals surface area contributed by atoms with E-state index in [1.807, 2.05) is 4.57 Å². The fraction of sp³-hybridized carbons (Fsp3) is 0.167. The second-order valence-corrected chi connectivity index (χ2v) is 14.6. The molecule has 1 aromatic heterocycles. The van der Waals surface area contributed by atoms with Crippen molar-refractivity contribution in [3.8, 4) is 79.7 Å².